The van der Waals surface area contributed by atoms with E-state index in [1.165, 1.54) is 12.3 Å². The SMILES string of the molecule is Cc1[nH]cc(C(=O)N[C@@H](CC(N)=O)c2cccc(Cl)c2)c1-c1c(F)cccc1F. The molecule has 8 heteroatoms. The standard InChI is InChI=1S/C21H18ClF2N3O2/c1-11-19(20-15(23)6-3-7-16(20)24)14(10-26-11)21(29)27-17(9-18(25)28)12-4-2-5-13(22)8-12/h2-8,10,17,26H,9H2,1H3,(H2,25,28)(H,27,29)/t17-/m0/s1. The second-order valence-electron chi connectivity index (χ2n) is 6.55. The van der Waals surface area contributed by atoms with Gasteiger partial charge in [0.1, 0.15) is 11.6 Å². The number of aryl methyl sites for hydroxylation is 1. The van der Waals surface area contributed by atoms with Gasteiger partial charge in [-0.25, -0.2) is 8.78 Å². The van der Waals surface area contributed by atoms with Crippen molar-refractivity contribution in [3.63, 3.8) is 0 Å². The molecule has 1 heterocycles. The molecule has 5 nitrogen and oxygen atoms in total. The Kier molecular flexibility index (Phi) is 5.98. The topological polar surface area (TPSA) is 88.0 Å². The fourth-order valence-corrected chi connectivity index (χ4v) is 3.38. The van der Waals surface area contributed by atoms with E-state index in [4.69, 9.17) is 17.3 Å². The molecule has 4 N–H and O–H groups in total. The maximum Gasteiger partial charge on any atom is 0.253 e. The molecule has 3 aromatic rings. The van der Waals surface area contributed by atoms with E-state index in [9.17, 15) is 18.4 Å². The Balaban J connectivity index is 1.99. The summed E-state index contributed by atoms with van der Waals surface area (Å²) >= 11 is 6.01. The van der Waals surface area contributed by atoms with Gasteiger partial charge in [0.25, 0.3) is 5.91 Å². The molecule has 150 valence electrons. The van der Waals surface area contributed by atoms with Crippen LogP contribution in [0.25, 0.3) is 11.1 Å². The first kappa shape index (κ1) is 20.5. The van der Waals surface area contributed by atoms with Crippen LogP contribution in [0.2, 0.25) is 5.02 Å². The number of carbonyl (C=O) groups excluding carboxylic acids is 2. The average molecular weight is 418 g/mol. The van der Waals surface area contributed by atoms with Gasteiger partial charge in [0.05, 0.1) is 23.6 Å². The van der Waals surface area contributed by atoms with Gasteiger partial charge in [-0.05, 0) is 36.8 Å². The van der Waals surface area contributed by atoms with Gasteiger partial charge >= 0.3 is 0 Å². The van der Waals surface area contributed by atoms with Crippen LogP contribution in [0.15, 0.2) is 48.7 Å². The minimum Gasteiger partial charge on any atom is -0.370 e. The normalized spacial score (nSPS) is 11.9. The van der Waals surface area contributed by atoms with Gasteiger partial charge in [0.15, 0.2) is 0 Å². The van der Waals surface area contributed by atoms with Crippen molar-refractivity contribution in [2.24, 2.45) is 5.73 Å². The highest BCUT2D eigenvalue weighted by Crippen LogP contribution is 2.32. The fraction of sp³-hybridized carbons (Fsp3) is 0.143. The summed E-state index contributed by atoms with van der Waals surface area (Å²) in [4.78, 5) is 27.3. The number of H-pyrrole nitrogens is 1. The fourth-order valence-electron chi connectivity index (χ4n) is 3.18. The number of rotatable bonds is 6. The average Bonchev–Trinajstić information content (AvgIpc) is 3.02. The van der Waals surface area contributed by atoms with Gasteiger partial charge in [-0.15, -0.1) is 0 Å². The summed E-state index contributed by atoms with van der Waals surface area (Å²) in [7, 11) is 0. The predicted octanol–water partition coefficient (Wildman–Crippen LogP) is 4.27. The third-order valence-corrected chi connectivity index (χ3v) is 4.73. The molecular weight excluding hydrogens is 400 g/mol. The third kappa shape index (κ3) is 4.46. The van der Waals surface area contributed by atoms with Gasteiger partial charge in [-0.3, -0.25) is 9.59 Å². The van der Waals surface area contributed by atoms with Crippen LogP contribution < -0.4 is 11.1 Å². The van der Waals surface area contributed by atoms with E-state index < -0.39 is 29.5 Å². The largest absolute Gasteiger partial charge is 0.370 e. The molecular formula is C21H18ClF2N3O2. The van der Waals surface area contributed by atoms with Crippen LogP contribution in [0.3, 0.4) is 0 Å². The van der Waals surface area contributed by atoms with Crippen LogP contribution in [0.5, 0.6) is 0 Å². The molecule has 29 heavy (non-hydrogen) atoms. The minimum absolute atomic E-state index is 0.0444. The van der Waals surface area contributed by atoms with Crippen molar-refractivity contribution in [2.75, 3.05) is 0 Å². The number of hydrogen-bond acceptors (Lipinski definition) is 2. The molecule has 0 radical (unpaired) electrons. The van der Waals surface area contributed by atoms with Gasteiger partial charge in [-0.2, -0.15) is 0 Å². The van der Waals surface area contributed by atoms with E-state index in [0.717, 1.165) is 12.1 Å². The lowest BCUT2D eigenvalue weighted by molar-refractivity contribution is -0.118. The molecule has 0 aliphatic heterocycles. The third-order valence-electron chi connectivity index (χ3n) is 4.50. The number of halogens is 3. The Hall–Kier alpha value is -3.19. The Morgan fingerprint density at radius 2 is 1.79 bits per heavy atom. The zero-order valence-electron chi connectivity index (χ0n) is 15.4. The summed E-state index contributed by atoms with van der Waals surface area (Å²) in [5.74, 6) is -2.81. The maximum atomic E-state index is 14.3. The van der Waals surface area contributed by atoms with E-state index in [2.05, 4.69) is 10.3 Å². The Morgan fingerprint density at radius 3 is 2.41 bits per heavy atom. The molecule has 0 unspecified atom stereocenters. The van der Waals surface area contributed by atoms with E-state index in [1.807, 2.05) is 0 Å². The molecule has 0 spiro atoms. The van der Waals surface area contributed by atoms with Crippen molar-refractivity contribution in [1.29, 1.82) is 0 Å². The predicted molar refractivity (Wildman–Crippen MR) is 106 cm³/mol. The molecule has 1 aromatic heterocycles. The van der Waals surface area contributed by atoms with Crippen LogP contribution in [0.1, 0.15) is 34.1 Å². The molecule has 2 amide bonds. The van der Waals surface area contributed by atoms with Crippen molar-refractivity contribution < 1.29 is 18.4 Å². The summed E-state index contributed by atoms with van der Waals surface area (Å²) in [6, 6.07) is 9.36. The van der Waals surface area contributed by atoms with Gasteiger partial charge < -0.3 is 16.0 Å². The monoisotopic (exact) mass is 417 g/mol. The summed E-state index contributed by atoms with van der Waals surface area (Å²) < 4.78 is 28.6. The lowest BCUT2D eigenvalue weighted by Gasteiger charge is -2.18. The molecule has 0 saturated carbocycles. The van der Waals surface area contributed by atoms with E-state index in [1.54, 1.807) is 31.2 Å². The quantitative estimate of drug-likeness (QED) is 0.559. The molecule has 3 rings (SSSR count). The summed E-state index contributed by atoms with van der Waals surface area (Å²) in [5, 5.41) is 3.14. The second kappa shape index (κ2) is 8.45. The first-order chi connectivity index (χ1) is 13.8. The van der Waals surface area contributed by atoms with Crippen molar-refractivity contribution in [3.8, 4) is 11.1 Å². The minimum atomic E-state index is -0.787. The van der Waals surface area contributed by atoms with Crippen LogP contribution in [-0.4, -0.2) is 16.8 Å². The molecule has 0 fully saturated rings. The highest BCUT2D eigenvalue weighted by atomic mass is 35.5. The molecule has 0 bridgehead atoms. The number of nitrogens with one attached hydrogen (secondary N) is 2. The number of amides is 2. The second-order valence-corrected chi connectivity index (χ2v) is 6.99. The lowest BCUT2D eigenvalue weighted by Crippen LogP contribution is -2.32. The molecule has 2 aromatic carbocycles. The van der Waals surface area contributed by atoms with Gasteiger partial charge in [0, 0.05) is 22.5 Å². The van der Waals surface area contributed by atoms with Gasteiger partial charge in [0.2, 0.25) is 5.91 Å². The highest BCUT2D eigenvalue weighted by molar-refractivity contribution is 6.30. The zero-order chi connectivity index (χ0) is 21.1. The van der Waals surface area contributed by atoms with Crippen LogP contribution >= 0.6 is 11.6 Å². The first-order valence-electron chi connectivity index (χ1n) is 8.75. The van der Waals surface area contributed by atoms with Crippen molar-refractivity contribution in [3.05, 3.63) is 82.1 Å². The Labute approximate surface area is 170 Å². The first-order valence-corrected chi connectivity index (χ1v) is 9.12. The lowest BCUT2D eigenvalue weighted by atomic mass is 9.98. The zero-order valence-corrected chi connectivity index (χ0v) is 16.2. The Bertz CT molecular complexity index is 1060. The van der Waals surface area contributed by atoms with Crippen LogP contribution in [-0.2, 0) is 4.79 Å². The number of benzene rings is 2. The Morgan fingerprint density at radius 1 is 1.14 bits per heavy atom. The van der Waals surface area contributed by atoms with E-state index >= 15 is 0 Å². The number of carbonyl (C=O) groups is 2. The molecule has 0 aliphatic rings. The molecule has 0 saturated heterocycles. The van der Waals surface area contributed by atoms with Crippen LogP contribution in [0.4, 0.5) is 8.78 Å². The smallest absolute Gasteiger partial charge is 0.253 e. The summed E-state index contributed by atoms with van der Waals surface area (Å²) in [5.41, 5.74) is 6.18. The van der Waals surface area contributed by atoms with Crippen molar-refractivity contribution in [2.45, 2.75) is 19.4 Å². The molecule has 1 atom stereocenters. The summed E-state index contributed by atoms with van der Waals surface area (Å²) in [6.45, 7) is 1.61. The number of hydrogen-bond donors (Lipinski definition) is 3. The van der Waals surface area contributed by atoms with Crippen LogP contribution in [0, 0.1) is 18.6 Å². The highest BCUT2D eigenvalue weighted by Gasteiger charge is 2.25. The molecule has 0 aliphatic carbocycles. The number of aromatic amines is 1. The van der Waals surface area contributed by atoms with E-state index in [0.29, 0.717) is 16.3 Å². The number of aromatic nitrogens is 1. The summed E-state index contributed by atoms with van der Waals surface area (Å²) in [6.07, 6.45) is 1.20. The maximum absolute atomic E-state index is 14.3. The number of nitrogens with two attached hydrogens (primary N) is 1. The van der Waals surface area contributed by atoms with Crippen molar-refractivity contribution in [1.82, 2.24) is 10.3 Å². The number of primary amides is 1. The van der Waals surface area contributed by atoms with Gasteiger partial charge in [-0.1, -0.05) is 29.8 Å². The van der Waals surface area contributed by atoms with E-state index in [-0.39, 0.29) is 23.1 Å². The van der Waals surface area contributed by atoms with Crippen molar-refractivity contribution >= 4 is 23.4 Å².